The minimum absolute atomic E-state index is 0.176. The van der Waals surface area contributed by atoms with E-state index in [0.29, 0.717) is 0 Å². The predicted octanol–water partition coefficient (Wildman–Crippen LogP) is 12.8. The van der Waals surface area contributed by atoms with Gasteiger partial charge < -0.3 is 0 Å². The zero-order valence-electron chi connectivity index (χ0n) is 27.4. The monoisotopic (exact) mass is 738 g/mol. The molecule has 0 radical (unpaired) electrons. The van der Waals surface area contributed by atoms with E-state index in [-0.39, 0.29) is 11.8 Å². The van der Waals surface area contributed by atoms with E-state index in [2.05, 4.69) is 217 Å². The van der Waals surface area contributed by atoms with Crippen LogP contribution in [0.5, 0.6) is 0 Å². The average Bonchev–Trinajstić information content (AvgIpc) is 3.36. The molecule has 6 aromatic carbocycles. The van der Waals surface area contributed by atoms with Crippen LogP contribution in [0.3, 0.4) is 0 Å². The maximum Gasteiger partial charge on any atom is 0.0494 e. The maximum absolute atomic E-state index is 4.00. The predicted molar refractivity (Wildman–Crippen MR) is 205 cm³/mol. The molecule has 0 amide bonds. The van der Waals surface area contributed by atoms with Gasteiger partial charge in [0.2, 0.25) is 0 Å². The van der Waals surface area contributed by atoms with Gasteiger partial charge in [-0.25, -0.2) is 0 Å². The van der Waals surface area contributed by atoms with Gasteiger partial charge in [-0.1, -0.05) is 193 Å². The van der Waals surface area contributed by atoms with Crippen LogP contribution in [0.2, 0.25) is 0 Å². The van der Waals surface area contributed by atoms with Crippen molar-refractivity contribution in [2.45, 2.75) is 43.9 Å². The Morgan fingerprint density at radius 3 is 0.936 bits per heavy atom. The molecule has 234 valence electrons. The Morgan fingerprint density at radius 2 is 0.681 bits per heavy atom. The Kier molecular flexibility index (Phi) is 8.39. The average molecular weight is 741 g/mol. The van der Waals surface area contributed by atoms with Gasteiger partial charge in [0.1, 0.15) is 0 Å². The lowest BCUT2D eigenvalue weighted by Crippen LogP contribution is -2.66. The first-order valence-corrected chi connectivity index (χ1v) is 18.2. The van der Waals surface area contributed by atoms with E-state index < -0.39 is 16.2 Å². The topological polar surface area (TPSA) is 0 Å². The van der Waals surface area contributed by atoms with Crippen molar-refractivity contribution in [3.05, 3.63) is 200 Å². The highest BCUT2D eigenvalue weighted by Gasteiger charge is 2.71. The van der Waals surface area contributed by atoms with Crippen molar-refractivity contribution >= 4 is 31.9 Å². The molecule has 7 rings (SSSR count). The second-order valence-electron chi connectivity index (χ2n) is 13.5. The number of benzene rings is 6. The first-order chi connectivity index (χ1) is 22.8. The van der Waals surface area contributed by atoms with Crippen molar-refractivity contribution in [3.63, 3.8) is 0 Å². The first kappa shape index (κ1) is 31.9. The summed E-state index contributed by atoms with van der Waals surface area (Å²) in [6.07, 6.45) is 0. The zero-order chi connectivity index (χ0) is 32.8. The number of rotatable bonds is 8. The number of fused-ring (bicyclic) bond motifs is 3. The molecule has 0 atom stereocenters. The maximum atomic E-state index is 4.00. The van der Waals surface area contributed by atoms with Crippen molar-refractivity contribution in [2.24, 2.45) is 11.8 Å². The summed E-state index contributed by atoms with van der Waals surface area (Å²) in [4.78, 5) is 0. The summed E-state index contributed by atoms with van der Waals surface area (Å²) in [5.74, 6) is 0.351. The molecule has 0 saturated carbocycles. The van der Waals surface area contributed by atoms with E-state index in [4.69, 9.17) is 0 Å². The number of hydrogen-bond acceptors (Lipinski definition) is 0. The molecule has 0 saturated heterocycles. The third-order valence-corrected chi connectivity index (χ3v) is 11.9. The molecule has 47 heavy (non-hydrogen) atoms. The quantitative estimate of drug-likeness (QED) is 0.146. The van der Waals surface area contributed by atoms with Crippen LogP contribution in [0.4, 0.5) is 0 Å². The van der Waals surface area contributed by atoms with Gasteiger partial charge in [-0.15, -0.1) is 0 Å². The molecule has 1 aliphatic carbocycles. The largest absolute Gasteiger partial charge is 0.0622 e. The van der Waals surface area contributed by atoms with Gasteiger partial charge in [0.05, 0.1) is 0 Å². The SMILES string of the molecule is CC(C)C(c1ccccc1)(c1ccccc1)C1(C(c2ccccc2)(c2ccccc2)C(C)C)c2cc(Br)ccc2-c2ccc(Br)cc21. The zero-order valence-corrected chi connectivity index (χ0v) is 30.6. The lowest BCUT2D eigenvalue weighted by Gasteiger charge is -2.64. The summed E-state index contributed by atoms with van der Waals surface area (Å²) in [5.41, 5.74) is 8.86. The minimum Gasteiger partial charge on any atom is -0.0622 e. The lowest BCUT2D eigenvalue weighted by atomic mass is 9.36. The van der Waals surface area contributed by atoms with E-state index in [1.54, 1.807) is 0 Å². The third-order valence-electron chi connectivity index (χ3n) is 10.9. The second kappa shape index (κ2) is 12.4. The summed E-state index contributed by atoms with van der Waals surface area (Å²) >= 11 is 8.00. The fourth-order valence-corrected chi connectivity index (χ4v) is 10.4. The van der Waals surface area contributed by atoms with Gasteiger partial charge in [0.15, 0.2) is 0 Å². The Labute approximate surface area is 297 Å². The van der Waals surface area contributed by atoms with E-state index in [1.165, 1.54) is 44.5 Å². The van der Waals surface area contributed by atoms with Crippen LogP contribution in [-0.4, -0.2) is 0 Å². The summed E-state index contributed by atoms with van der Waals surface area (Å²) in [5, 5.41) is 0. The van der Waals surface area contributed by atoms with Crippen LogP contribution in [0.15, 0.2) is 167 Å². The fraction of sp³-hybridized carbons (Fsp3) is 0.200. The normalized spacial score (nSPS) is 13.9. The van der Waals surface area contributed by atoms with E-state index >= 15 is 0 Å². The molecule has 0 bridgehead atoms. The molecule has 6 aromatic rings. The van der Waals surface area contributed by atoms with Crippen molar-refractivity contribution in [2.75, 3.05) is 0 Å². The summed E-state index contributed by atoms with van der Waals surface area (Å²) < 4.78 is 2.18. The van der Waals surface area contributed by atoms with Gasteiger partial charge in [-0.05, 0) is 80.6 Å². The van der Waals surface area contributed by atoms with Gasteiger partial charge in [-0.3, -0.25) is 0 Å². The molecule has 0 N–H and O–H groups in total. The fourth-order valence-electron chi connectivity index (χ4n) is 9.63. The van der Waals surface area contributed by atoms with E-state index in [1.807, 2.05) is 0 Å². The van der Waals surface area contributed by atoms with Crippen molar-refractivity contribution < 1.29 is 0 Å². The standard InChI is InChI=1S/C45H40Br2/c1-31(2)43(33-17-9-5-10-18-33,34-19-11-6-12-20-34)45(41-29-37(46)25-27-39(41)40-28-26-38(47)30-42(40)45)44(32(3)4,35-21-13-7-14-22-35)36-23-15-8-16-24-36/h5-32H,1-4H3. The van der Waals surface area contributed by atoms with E-state index in [9.17, 15) is 0 Å². The van der Waals surface area contributed by atoms with Gasteiger partial charge >= 0.3 is 0 Å². The Hall–Kier alpha value is -3.72. The van der Waals surface area contributed by atoms with Crippen molar-refractivity contribution in [3.8, 4) is 11.1 Å². The van der Waals surface area contributed by atoms with Crippen molar-refractivity contribution in [1.82, 2.24) is 0 Å². The smallest absolute Gasteiger partial charge is 0.0494 e. The van der Waals surface area contributed by atoms with Crippen LogP contribution in [-0.2, 0) is 16.2 Å². The molecular formula is C45H40Br2. The van der Waals surface area contributed by atoms with Crippen LogP contribution < -0.4 is 0 Å². The van der Waals surface area contributed by atoms with Crippen LogP contribution in [0.25, 0.3) is 11.1 Å². The molecule has 0 heterocycles. The summed E-state index contributed by atoms with van der Waals surface area (Å²) in [6, 6.07) is 59.4. The van der Waals surface area contributed by atoms with Crippen molar-refractivity contribution in [1.29, 1.82) is 0 Å². The lowest BCUT2D eigenvalue weighted by molar-refractivity contribution is 0.115. The number of halogens is 2. The van der Waals surface area contributed by atoms with Crippen LogP contribution >= 0.6 is 31.9 Å². The Balaban J connectivity index is 1.89. The molecule has 0 unspecified atom stereocenters. The Morgan fingerprint density at radius 1 is 0.404 bits per heavy atom. The highest BCUT2D eigenvalue weighted by molar-refractivity contribution is 9.10. The number of hydrogen-bond donors (Lipinski definition) is 0. The molecule has 0 aliphatic heterocycles. The second-order valence-corrected chi connectivity index (χ2v) is 15.4. The highest BCUT2D eigenvalue weighted by Crippen LogP contribution is 2.73. The molecule has 0 fully saturated rings. The van der Waals surface area contributed by atoms with Gasteiger partial charge in [-0.2, -0.15) is 0 Å². The highest BCUT2D eigenvalue weighted by atomic mass is 79.9. The van der Waals surface area contributed by atoms with Crippen LogP contribution in [0, 0.1) is 11.8 Å². The molecule has 2 heteroatoms. The van der Waals surface area contributed by atoms with Gasteiger partial charge in [0, 0.05) is 25.2 Å². The molecule has 0 nitrogen and oxygen atoms in total. The minimum atomic E-state index is -0.633. The molecular weight excluding hydrogens is 700 g/mol. The molecule has 1 aliphatic rings. The Bertz CT molecular complexity index is 1770. The van der Waals surface area contributed by atoms with E-state index in [0.717, 1.165) is 8.95 Å². The molecule has 0 spiro atoms. The molecule has 0 aromatic heterocycles. The third kappa shape index (κ3) is 4.44. The van der Waals surface area contributed by atoms with Gasteiger partial charge in [0.25, 0.3) is 0 Å². The van der Waals surface area contributed by atoms with Crippen LogP contribution in [0.1, 0.15) is 61.1 Å². The summed E-state index contributed by atoms with van der Waals surface area (Å²) in [7, 11) is 0. The summed E-state index contributed by atoms with van der Waals surface area (Å²) in [6.45, 7) is 9.76. The first-order valence-electron chi connectivity index (χ1n) is 16.6.